The molecule has 0 saturated carbocycles. The summed E-state index contributed by atoms with van der Waals surface area (Å²) in [6.45, 7) is 0. The molecule has 21 heavy (non-hydrogen) atoms. The van der Waals surface area contributed by atoms with E-state index in [9.17, 15) is 9.59 Å². The van der Waals surface area contributed by atoms with Crippen molar-refractivity contribution in [1.82, 2.24) is 0 Å². The average molecular weight is 342 g/mol. The largest absolute Gasteiger partial charge is 0.477 e. The molecule has 0 aliphatic heterocycles. The molecule has 0 fully saturated rings. The van der Waals surface area contributed by atoms with Gasteiger partial charge in [0, 0.05) is 10.8 Å². The summed E-state index contributed by atoms with van der Waals surface area (Å²) in [5.41, 5.74) is 1.39. The van der Waals surface area contributed by atoms with Crippen molar-refractivity contribution in [2.45, 2.75) is 5.75 Å². The summed E-state index contributed by atoms with van der Waals surface area (Å²) in [5, 5.41) is 13.9. The van der Waals surface area contributed by atoms with Gasteiger partial charge in [-0.05, 0) is 29.1 Å². The smallest absolute Gasteiger partial charge is 0.348 e. The minimum atomic E-state index is -1.04. The molecule has 0 radical (unpaired) electrons. The van der Waals surface area contributed by atoms with Gasteiger partial charge >= 0.3 is 5.97 Å². The molecule has 0 aliphatic carbocycles. The number of halogens is 1. The fraction of sp³-hybridized carbons (Fsp3) is 0.143. The monoisotopic (exact) mass is 341 g/mol. The minimum Gasteiger partial charge on any atom is -0.477 e. The van der Waals surface area contributed by atoms with Crippen LogP contribution in [0.2, 0.25) is 5.02 Å². The van der Waals surface area contributed by atoms with Crippen molar-refractivity contribution in [3.8, 4) is 0 Å². The zero-order valence-electron chi connectivity index (χ0n) is 10.8. The first-order valence-electron chi connectivity index (χ1n) is 5.99. The van der Waals surface area contributed by atoms with Gasteiger partial charge in [0.05, 0.1) is 11.4 Å². The molecule has 7 heteroatoms. The Kier molecular flexibility index (Phi) is 5.67. The Morgan fingerprint density at radius 3 is 2.86 bits per heavy atom. The van der Waals surface area contributed by atoms with Crippen LogP contribution in [-0.4, -0.2) is 22.7 Å². The van der Waals surface area contributed by atoms with E-state index in [-0.39, 0.29) is 16.5 Å². The highest BCUT2D eigenvalue weighted by Crippen LogP contribution is 2.23. The number of anilines is 1. The van der Waals surface area contributed by atoms with Gasteiger partial charge in [0.25, 0.3) is 0 Å². The van der Waals surface area contributed by atoms with Gasteiger partial charge < -0.3 is 10.4 Å². The van der Waals surface area contributed by atoms with Crippen molar-refractivity contribution in [3.05, 3.63) is 51.2 Å². The van der Waals surface area contributed by atoms with E-state index in [4.69, 9.17) is 16.7 Å². The number of hydrogen-bond acceptors (Lipinski definition) is 4. The number of thiophene rings is 1. The van der Waals surface area contributed by atoms with Crippen LogP contribution in [0.1, 0.15) is 15.2 Å². The summed E-state index contributed by atoms with van der Waals surface area (Å²) in [5.74, 6) is -0.333. The summed E-state index contributed by atoms with van der Waals surface area (Å²) >= 11 is 8.42. The molecule has 0 aliphatic rings. The number of amides is 1. The number of carboxylic acids is 1. The minimum absolute atomic E-state index is 0.142. The molecular weight excluding hydrogens is 330 g/mol. The zero-order chi connectivity index (χ0) is 15.2. The Hall–Kier alpha value is -1.50. The number of carbonyl (C=O) groups is 2. The number of aromatic carboxylic acids is 1. The van der Waals surface area contributed by atoms with Gasteiger partial charge in [0.15, 0.2) is 0 Å². The molecule has 0 saturated heterocycles. The summed E-state index contributed by atoms with van der Waals surface area (Å²) < 4.78 is 0. The maximum absolute atomic E-state index is 11.8. The van der Waals surface area contributed by atoms with E-state index in [2.05, 4.69) is 5.32 Å². The second-order valence-electron chi connectivity index (χ2n) is 4.14. The van der Waals surface area contributed by atoms with Crippen LogP contribution in [0.5, 0.6) is 0 Å². The van der Waals surface area contributed by atoms with Crippen molar-refractivity contribution >= 4 is 52.3 Å². The standard InChI is InChI=1S/C14H12ClNO3S2/c15-10-3-1-2-9(6-10)7-20-8-12(17)16-11-4-5-21-13(11)14(18)19/h1-6H,7-8H2,(H,16,17)(H,18,19). The molecule has 110 valence electrons. The third-order valence-electron chi connectivity index (χ3n) is 2.52. The van der Waals surface area contributed by atoms with E-state index in [1.54, 1.807) is 17.5 Å². The molecule has 2 N–H and O–H groups in total. The van der Waals surface area contributed by atoms with Gasteiger partial charge in [-0.1, -0.05) is 23.7 Å². The van der Waals surface area contributed by atoms with E-state index in [0.717, 1.165) is 16.9 Å². The van der Waals surface area contributed by atoms with Gasteiger partial charge in [0.2, 0.25) is 5.91 Å². The molecule has 1 aromatic heterocycles. The normalized spacial score (nSPS) is 10.3. The summed E-state index contributed by atoms with van der Waals surface area (Å²) in [7, 11) is 0. The maximum atomic E-state index is 11.8. The van der Waals surface area contributed by atoms with Crippen molar-refractivity contribution in [1.29, 1.82) is 0 Å². The highest BCUT2D eigenvalue weighted by atomic mass is 35.5. The zero-order valence-corrected chi connectivity index (χ0v) is 13.2. The average Bonchev–Trinajstić information content (AvgIpc) is 2.87. The highest BCUT2D eigenvalue weighted by Gasteiger charge is 2.13. The van der Waals surface area contributed by atoms with Gasteiger partial charge in [0.1, 0.15) is 4.88 Å². The molecule has 0 atom stereocenters. The van der Waals surface area contributed by atoms with Crippen LogP contribution in [0.3, 0.4) is 0 Å². The number of carbonyl (C=O) groups excluding carboxylic acids is 1. The Bertz CT molecular complexity index is 657. The molecule has 0 unspecified atom stereocenters. The van der Waals surface area contributed by atoms with E-state index in [1.165, 1.54) is 11.8 Å². The third-order valence-corrected chi connectivity index (χ3v) is 4.67. The Balaban J connectivity index is 1.82. The maximum Gasteiger partial charge on any atom is 0.348 e. The molecule has 2 rings (SSSR count). The number of thioether (sulfide) groups is 1. The molecule has 1 heterocycles. The Morgan fingerprint density at radius 1 is 1.33 bits per heavy atom. The van der Waals surface area contributed by atoms with Crippen LogP contribution in [0.25, 0.3) is 0 Å². The SMILES string of the molecule is O=C(CSCc1cccc(Cl)c1)Nc1ccsc1C(=O)O. The van der Waals surface area contributed by atoms with Crippen molar-refractivity contribution in [2.75, 3.05) is 11.1 Å². The van der Waals surface area contributed by atoms with Crippen LogP contribution < -0.4 is 5.32 Å². The van der Waals surface area contributed by atoms with Crippen molar-refractivity contribution in [3.63, 3.8) is 0 Å². The second kappa shape index (κ2) is 7.49. The lowest BCUT2D eigenvalue weighted by molar-refractivity contribution is -0.113. The molecule has 0 spiro atoms. The lowest BCUT2D eigenvalue weighted by Crippen LogP contribution is -2.15. The van der Waals surface area contributed by atoms with Crippen LogP contribution in [-0.2, 0) is 10.5 Å². The topological polar surface area (TPSA) is 66.4 Å². The predicted octanol–water partition coefficient (Wildman–Crippen LogP) is 3.97. The summed E-state index contributed by atoms with van der Waals surface area (Å²) in [6.07, 6.45) is 0. The van der Waals surface area contributed by atoms with E-state index in [1.807, 2.05) is 18.2 Å². The molecule has 1 amide bonds. The first-order chi connectivity index (χ1) is 10.1. The van der Waals surface area contributed by atoms with Gasteiger partial charge in [-0.3, -0.25) is 4.79 Å². The fourth-order valence-electron chi connectivity index (χ4n) is 1.65. The molecule has 4 nitrogen and oxygen atoms in total. The van der Waals surface area contributed by atoms with Gasteiger partial charge in [-0.15, -0.1) is 23.1 Å². The van der Waals surface area contributed by atoms with Crippen molar-refractivity contribution in [2.24, 2.45) is 0 Å². The first kappa shape index (κ1) is 15.9. The predicted molar refractivity (Wildman–Crippen MR) is 87.5 cm³/mol. The second-order valence-corrected chi connectivity index (χ2v) is 6.48. The molecular formula is C14H12ClNO3S2. The summed E-state index contributed by atoms with van der Waals surface area (Å²) in [4.78, 5) is 22.9. The number of carboxylic acid groups (broad SMARTS) is 1. The number of rotatable bonds is 6. The third kappa shape index (κ3) is 4.77. The Labute approximate surface area is 135 Å². The van der Waals surface area contributed by atoms with Gasteiger partial charge in [-0.25, -0.2) is 4.79 Å². The summed E-state index contributed by atoms with van der Waals surface area (Å²) in [6, 6.07) is 9.05. The number of nitrogens with one attached hydrogen (secondary N) is 1. The lowest BCUT2D eigenvalue weighted by Gasteiger charge is -2.05. The van der Waals surface area contributed by atoms with Crippen LogP contribution in [0, 0.1) is 0 Å². The first-order valence-corrected chi connectivity index (χ1v) is 8.40. The van der Waals surface area contributed by atoms with Crippen LogP contribution in [0.15, 0.2) is 35.7 Å². The van der Waals surface area contributed by atoms with E-state index < -0.39 is 5.97 Å². The molecule has 0 bridgehead atoms. The fourth-order valence-corrected chi connectivity index (χ4v) is 3.32. The number of benzene rings is 1. The van der Waals surface area contributed by atoms with Crippen LogP contribution in [0.4, 0.5) is 5.69 Å². The molecule has 1 aromatic carbocycles. The van der Waals surface area contributed by atoms with Gasteiger partial charge in [-0.2, -0.15) is 0 Å². The quantitative estimate of drug-likeness (QED) is 0.834. The van der Waals surface area contributed by atoms with Crippen molar-refractivity contribution < 1.29 is 14.7 Å². The van der Waals surface area contributed by atoms with E-state index >= 15 is 0 Å². The lowest BCUT2D eigenvalue weighted by atomic mass is 10.2. The Morgan fingerprint density at radius 2 is 2.14 bits per heavy atom. The van der Waals surface area contributed by atoms with E-state index in [0.29, 0.717) is 16.5 Å². The molecule has 2 aromatic rings. The van der Waals surface area contributed by atoms with Crippen LogP contribution >= 0.6 is 34.7 Å². The number of hydrogen-bond donors (Lipinski definition) is 2. The highest BCUT2D eigenvalue weighted by molar-refractivity contribution is 7.99.